The minimum atomic E-state index is -1.24. The number of aryl methyl sites for hydroxylation is 1. The third-order valence-electron chi connectivity index (χ3n) is 4.22. The van der Waals surface area contributed by atoms with Gasteiger partial charge in [-0.15, -0.1) is 5.10 Å². The van der Waals surface area contributed by atoms with Gasteiger partial charge in [0.25, 0.3) is 5.89 Å². The lowest BCUT2D eigenvalue weighted by Crippen LogP contribution is -2.27. The molecule has 0 saturated carbocycles. The molecule has 29 heavy (non-hydrogen) atoms. The molecule has 0 aliphatic heterocycles. The van der Waals surface area contributed by atoms with Crippen LogP contribution >= 0.6 is 0 Å². The summed E-state index contributed by atoms with van der Waals surface area (Å²) in [5.74, 6) is -3.17. The van der Waals surface area contributed by atoms with E-state index in [-0.39, 0.29) is 42.1 Å². The second kappa shape index (κ2) is 8.93. The summed E-state index contributed by atoms with van der Waals surface area (Å²) in [6, 6.07) is 5.62. The molecule has 1 aromatic heterocycles. The number of hydrogen-bond acceptors (Lipinski definition) is 7. The van der Waals surface area contributed by atoms with Crippen molar-refractivity contribution in [3.05, 3.63) is 53.3 Å². The fourth-order valence-corrected chi connectivity index (χ4v) is 2.58. The molecule has 0 unspecified atom stereocenters. The summed E-state index contributed by atoms with van der Waals surface area (Å²) in [6.45, 7) is 1.09. The van der Waals surface area contributed by atoms with Gasteiger partial charge in [-0.25, -0.2) is 13.2 Å². The zero-order valence-electron chi connectivity index (χ0n) is 15.4. The van der Waals surface area contributed by atoms with Crippen LogP contribution in [-0.4, -0.2) is 39.7 Å². The van der Waals surface area contributed by atoms with Crippen molar-refractivity contribution in [1.29, 1.82) is 0 Å². The maximum Gasteiger partial charge on any atom is 0.316 e. The smallest absolute Gasteiger partial charge is 0.316 e. The molecule has 3 aromatic rings. The SMILES string of the molecule is CCc1ccc(Nc2c(-c3nnc(NC(CO)CO)o3)ccc(F)c2F)c(F)c1. The number of hydrogen-bond donors (Lipinski definition) is 4. The lowest BCUT2D eigenvalue weighted by Gasteiger charge is -2.13. The Labute approximate surface area is 164 Å². The molecule has 7 nitrogen and oxygen atoms in total. The first-order chi connectivity index (χ1) is 14.0. The van der Waals surface area contributed by atoms with Crippen LogP contribution in [0.25, 0.3) is 11.5 Å². The first-order valence-electron chi connectivity index (χ1n) is 8.82. The van der Waals surface area contributed by atoms with Crippen LogP contribution in [0.2, 0.25) is 0 Å². The molecule has 0 aliphatic carbocycles. The van der Waals surface area contributed by atoms with E-state index in [4.69, 9.17) is 14.6 Å². The standard InChI is InChI=1S/C19H19F3N4O3/c1-2-10-3-6-15(14(21)7-10)24-17-12(4-5-13(20)16(17)22)18-25-26-19(29-18)23-11(8-27)9-28/h3-7,11,24,27-28H,2,8-9H2,1H3,(H,23,26). The van der Waals surface area contributed by atoms with Crippen LogP contribution in [0.15, 0.2) is 34.7 Å². The quantitative estimate of drug-likeness (QED) is 0.454. The molecular weight excluding hydrogens is 389 g/mol. The first-order valence-corrected chi connectivity index (χ1v) is 8.82. The van der Waals surface area contributed by atoms with Crippen molar-refractivity contribution in [3.8, 4) is 11.5 Å². The summed E-state index contributed by atoms with van der Waals surface area (Å²) in [7, 11) is 0. The maximum absolute atomic E-state index is 14.5. The molecule has 0 aliphatic rings. The molecule has 4 N–H and O–H groups in total. The lowest BCUT2D eigenvalue weighted by molar-refractivity contribution is 0.202. The number of nitrogens with one attached hydrogen (secondary N) is 2. The second-order valence-corrected chi connectivity index (χ2v) is 6.20. The summed E-state index contributed by atoms with van der Waals surface area (Å²) in [5.41, 5.74) is 0.339. The highest BCUT2D eigenvalue weighted by Gasteiger charge is 2.21. The Morgan fingerprint density at radius 1 is 1.03 bits per heavy atom. The predicted molar refractivity (Wildman–Crippen MR) is 100 cm³/mol. The van der Waals surface area contributed by atoms with Crippen LogP contribution in [0.4, 0.5) is 30.6 Å². The minimum absolute atomic E-state index is 0.00737. The van der Waals surface area contributed by atoms with Crippen molar-refractivity contribution in [2.45, 2.75) is 19.4 Å². The average molecular weight is 408 g/mol. The molecule has 0 saturated heterocycles. The number of benzene rings is 2. The highest BCUT2D eigenvalue weighted by atomic mass is 19.2. The molecule has 2 aromatic carbocycles. The molecule has 0 radical (unpaired) electrons. The highest BCUT2D eigenvalue weighted by molar-refractivity contribution is 5.78. The van der Waals surface area contributed by atoms with Crippen LogP contribution in [0.3, 0.4) is 0 Å². The number of aromatic nitrogens is 2. The fourth-order valence-electron chi connectivity index (χ4n) is 2.58. The van der Waals surface area contributed by atoms with Crippen LogP contribution in [-0.2, 0) is 6.42 Å². The number of nitrogens with zero attached hydrogens (tertiary/aromatic N) is 2. The predicted octanol–water partition coefficient (Wildman–Crippen LogP) is 3.23. The van der Waals surface area contributed by atoms with Crippen molar-refractivity contribution in [1.82, 2.24) is 10.2 Å². The van der Waals surface area contributed by atoms with E-state index >= 15 is 0 Å². The van der Waals surface area contributed by atoms with Crippen molar-refractivity contribution in [2.24, 2.45) is 0 Å². The third-order valence-corrected chi connectivity index (χ3v) is 4.22. The van der Waals surface area contributed by atoms with E-state index in [1.807, 2.05) is 6.92 Å². The molecule has 3 rings (SSSR count). The Morgan fingerprint density at radius 2 is 1.79 bits per heavy atom. The van der Waals surface area contributed by atoms with E-state index in [1.54, 1.807) is 6.07 Å². The van der Waals surface area contributed by atoms with E-state index in [0.717, 1.165) is 11.6 Å². The van der Waals surface area contributed by atoms with Gasteiger partial charge in [0, 0.05) is 0 Å². The van der Waals surface area contributed by atoms with Gasteiger partial charge in [0.05, 0.1) is 36.2 Å². The van der Waals surface area contributed by atoms with Gasteiger partial charge in [-0.2, -0.15) is 0 Å². The van der Waals surface area contributed by atoms with Crippen molar-refractivity contribution >= 4 is 17.4 Å². The molecule has 0 bridgehead atoms. The molecule has 0 spiro atoms. The first kappa shape index (κ1) is 20.6. The topological polar surface area (TPSA) is 103 Å². The lowest BCUT2D eigenvalue weighted by atomic mass is 10.1. The van der Waals surface area contributed by atoms with Gasteiger partial charge in [0.1, 0.15) is 5.82 Å². The molecule has 0 atom stereocenters. The number of aliphatic hydroxyl groups excluding tert-OH is 2. The fraction of sp³-hybridized carbons (Fsp3) is 0.263. The maximum atomic E-state index is 14.5. The van der Waals surface area contributed by atoms with Crippen LogP contribution in [0.1, 0.15) is 12.5 Å². The van der Waals surface area contributed by atoms with Gasteiger partial charge in [-0.1, -0.05) is 18.1 Å². The Hall–Kier alpha value is -3.11. The van der Waals surface area contributed by atoms with E-state index < -0.39 is 23.5 Å². The van der Waals surface area contributed by atoms with Gasteiger partial charge in [0.2, 0.25) is 0 Å². The largest absolute Gasteiger partial charge is 0.403 e. The molecule has 10 heteroatoms. The highest BCUT2D eigenvalue weighted by Crippen LogP contribution is 2.34. The van der Waals surface area contributed by atoms with E-state index in [9.17, 15) is 13.2 Å². The number of rotatable bonds is 8. The number of aliphatic hydroxyl groups is 2. The summed E-state index contributed by atoms with van der Waals surface area (Å²) >= 11 is 0. The van der Waals surface area contributed by atoms with Gasteiger partial charge in [0.15, 0.2) is 11.6 Å². The van der Waals surface area contributed by atoms with E-state index in [2.05, 4.69) is 20.8 Å². The van der Waals surface area contributed by atoms with Gasteiger partial charge in [-0.05, 0) is 36.2 Å². The average Bonchev–Trinajstić information content (AvgIpc) is 3.19. The van der Waals surface area contributed by atoms with Crippen molar-refractivity contribution in [3.63, 3.8) is 0 Å². The zero-order chi connectivity index (χ0) is 21.0. The Balaban J connectivity index is 1.97. The molecular formula is C19H19F3N4O3. The van der Waals surface area contributed by atoms with Crippen molar-refractivity contribution in [2.75, 3.05) is 23.8 Å². The van der Waals surface area contributed by atoms with Crippen LogP contribution in [0.5, 0.6) is 0 Å². The molecule has 154 valence electrons. The monoisotopic (exact) mass is 408 g/mol. The Bertz CT molecular complexity index is 993. The van der Waals surface area contributed by atoms with Gasteiger partial charge >= 0.3 is 6.01 Å². The normalized spacial score (nSPS) is 11.1. The summed E-state index contributed by atoms with van der Waals surface area (Å²) in [4.78, 5) is 0. The van der Waals surface area contributed by atoms with Crippen LogP contribution in [0, 0.1) is 17.5 Å². The van der Waals surface area contributed by atoms with E-state index in [1.165, 1.54) is 18.2 Å². The second-order valence-electron chi connectivity index (χ2n) is 6.20. The van der Waals surface area contributed by atoms with E-state index in [0.29, 0.717) is 6.42 Å². The number of halogens is 3. The Kier molecular flexibility index (Phi) is 6.35. The van der Waals surface area contributed by atoms with Gasteiger partial charge in [-0.3, -0.25) is 0 Å². The summed E-state index contributed by atoms with van der Waals surface area (Å²) < 4.78 is 48.0. The summed E-state index contributed by atoms with van der Waals surface area (Å²) in [5, 5.41) is 30.8. The summed E-state index contributed by atoms with van der Waals surface area (Å²) in [6.07, 6.45) is 0.622. The molecule has 0 amide bonds. The Morgan fingerprint density at radius 3 is 2.45 bits per heavy atom. The number of anilines is 3. The molecule has 1 heterocycles. The minimum Gasteiger partial charge on any atom is -0.403 e. The molecule has 0 fully saturated rings. The third kappa shape index (κ3) is 4.49. The van der Waals surface area contributed by atoms with Crippen molar-refractivity contribution < 1.29 is 27.8 Å². The van der Waals surface area contributed by atoms with Crippen LogP contribution < -0.4 is 10.6 Å². The zero-order valence-corrected chi connectivity index (χ0v) is 15.4. The van der Waals surface area contributed by atoms with Gasteiger partial charge < -0.3 is 25.3 Å².